The van der Waals surface area contributed by atoms with E-state index in [1.54, 1.807) is 11.0 Å². The fourth-order valence-corrected chi connectivity index (χ4v) is 3.17. The largest absolute Gasteiger partial charge is 0.444 e. The van der Waals surface area contributed by atoms with Crippen molar-refractivity contribution in [2.75, 3.05) is 25.0 Å². The van der Waals surface area contributed by atoms with Crippen molar-refractivity contribution in [1.82, 2.24) is 14.7 Å². The van der Waals surface area contributed by atoms with Crippen molar-refractivity contribution in [2.24, 2.45) is 11.7 Å². The molecule has 0 aliphatic carbocycles. The molecule has 1 fully saturated rings. The van der Waals surface area contributed by atoms with Gasteiger partial charge in [-0.25, -0.2) is 9.48 Å². The normalized spacial score (nSPS) is 23.5. The molecule has 1 aromatic heterocycles. The number of carbonyl (C=O) groups is 2. The third-order valence-electron chi connectivity index (χ3n) is 4.19. The van der Waals surface area contributed by atoms with Crippen molar-refractivity contribution < 1.29 is 14.3 Å². The Morgan fingerprint density at radius 1 is 1.43 bits per heavy atom. The minimum atomic E-state index is -0.531. The van der Waals surface area contributed by atoms with Gasteiger partial charge in [0.2, 0.25) is 0 Å². The molecule has 2 aliphatic rings. The van der Waals surface area contributed by atoms with Crippen LogP contribution in [0.25, 0.3) is 0 Å². The summed E-state index contributed by atoms with van der Waals surface area (Å²) < 4.78 is 7.28. The van der Waals surface area contributed by atoms with E-state index < -0.39 is 11.5 Å². The highest BCUT2D eigenvalue weighted by molar-refractivity contribution is 5.91. The summed E-state index contributed by atoms with van der Waals surface area (Å²) in [4.78, 5) is 25.3. The zero-order chi connectivity index (χ0) is 16.8. The smallest absolute Gasteiger partial charge is 0.410 e. The van der Waals surface area contributed by atoms with Gasteiger partial charge in [-0.3, -0.25) is 4.79 Å². The lowest BCUT2D eigenvalue weighted by Crippen LogP contribution is -2.50. The first-order valence-electron chi connectivity index (χ1n) is 7.86. The van der Waals surface area contributed by atoms with Crippen LogP contribution in [0.1, 0.15) is 43.7 Å². The van der Waals surface area contributed by atoms with Gasteiger partial charge in [-0.1, -0.05) is 0 Å². The summed E-state index contributed by atoms with van der Waals surface area (Å²) in [6.07, 6.45) is 0.499. The Bertz CT molecular complexity index is 634. The average molecular weight is 321 g/mol. The van der Waals surface area contributed by atoms with Crippen LogP contribution in [0.3, 0.4) is 0 Å². The van der Waals surface area contributed by atoms with Gasteiger partial charge in [0.25, 0.3) is 5.91 Å². The first-order valence-corrected chi connectivity index (χ1v) is 7.86. The Balaban J connectivity index is 1.72. The SMILES string of the molecule is CC(C)(C)OC(=O)N1CCC2C(CNc3cc(C(N)=O)nn32)C1. The van der Waals surface area contributed by atoms with Gasteiger partial charge in [-0.15, -0.1) is 0 Å². The highest BCUT2D eigenvalue weighted by Gasteiger charge is 2.38. The van der Waals surface area contributed by atoms with Gasteiger partial charge in [0.15, 0.2) is 5.69 Å². The second-order valence-corrected chi connectivity index (χ2v) is 7.15. The first kappa shape index (κ1) is 15.6. The van der Waals surface area contributed by atoms with Crippen molar-refractivity contribution in [2.45, 2.75) is 38.8 Å². The highest BCUT2D eigenvalue weighted by atomic mass is 16.6. The molecule has 3 N–H and O–H groups in total. The van der Waals surface area contributed by atoms with Crippen molar-refractivity contribution in [3.8, 4) is 0 Å². The molecule has 126 valence electrons. The van der Waals surface area contributed by atoms with Crippen LogP contribution in [0, 0.1) is 5.92 Å². The lowest BCUT2D eigenvalue weighted by molar-refractivity contribution is 0.0107. The number of primary amides is 1. The second kappa shape index (κ2) is 5.43. The number of piperidine rings is 1. The molecule has 1 aromatic rings. The van der Waals surface area contributed by atoms with Crippen LogP contribution in [-0.4, -0.2) is 51.9 Å². The lowest BCUT2D eigenvalue weighted by Gasteiger charge is -2.42. The van der Waals surface area contributed by atoms with E-state index in [4.69, 9.17) is 10.5 Å². The van der Waals surface area contributed by atoms with E-state index in [1.165, 1.54) is 0 Å². The van der Waals surface area contributed by atoms with Crippen LogP contribution in [0.4, 0.5) is 10.6 Å². The third kappa shape index (κ3) is 3.11. The lowest BCUT2D eigenvalue weighted by atomic mass is 9.91. The number of likely N-dealkylation sites (tertiary alicyclic amines) is 1. The van der Waals surface area contributed by atoms with Crippen LogP contribution in [-0.2, 0) is 4.74 Å². The first-order chi connectivity index (χ1) is 10.7. The highest BCUT2D eigenvalue weighted by Crippen LogP contribution is 2.35. The molecule has 8 nitrogen and oxygen atoms in total. The van der Waals surface area contributed by atoms with E-state index in [1.807, 2.05) is 25.5 Å². The molecule has 1 saturated heterocycles. The Labute approximate surface area is 134 Å². The summed E-state index contributed by atoms with van der Waals surface area (Å²) in [6.45, 7) is 7.54. The zero-order valence-corrected chi connectivity index (χ0v) is 13.7. The van der Waals surface area contributed by atoms with Crippen molar-refractivity contribution >= 4 is 17.8 Å². The minimum absolute atomic E-state index is 0.165. The molecule has 3 heterocycles. The molecule has 0 saturated carbocycles. The number of hydrogen-bond acceptors (Lipinski definition) is 5. The zero-order valence-electron chi connectivity index (χ0n) is 13.7. The van der Waals surface area contributed by atoms with Gasteiger partial charge in [0.1, 0.15) is 11.4 Å². The molecule has 8 heteroatoms. The Morgan fingerprint density at radius 2 is 2.17 bits per heavy atom. The summed E-state index contributed by atoms with van der Waals surface area (Å²) >= 11 is 0. The molecule has 2 aliphatic heterocycles. The van der Waals surface area contributed by atoms with Gasteiger partial charge in [-0.05, 0) is 27.2 Å². The number of ether oxygens (including phenoxy) is 1. The molecule has 0 spiro atoms. The maximum atomic E-state index is 12.2. The summed E-state index contributed by atoms with van der Waals surface area (Å²) in [5.74, 6) is 0.506. The number of nitrogens with one attached hydrogen (secondary N) is 1. The van der Waals surface area contributed by atoms with Gasteiger partial charge in [0.05, 0.1) is 6.04 Å². The van der Waals surface area contributed by atoms with Crippen molar-refractivity contribution in [3.05, 3.63) is 11.8 Å². The predicted molar refractivity (Wildman–Crippen MR) is 84.2 cm³/mol. The fraction of sp³-hybridized carbons (Fsp3) is 0.667. The van der Waals surface area contributed by atoms with E-state index >= 15 is 0 Å². The quantitative estimate of drug-likeness (QED) is 0.809. The number of amides is 2. The van der Waals surface area contributed by atoms with Gasteiger partial charge in [-0.2, -0.15) is 5.10 Å². The van der Waals surface area contributed by atoms with Crippen LogP contribution in [0.5, 0.6) is 0 Å². The molecule has 2 atom stereocenters. The molecule has 23 heavy (non-hydrogen) atoms. The summed E-state index contributed by atoms with van der Waals surface area (Å²) in [7, 11) is 0. The number of hydrogen-bond donors (Lipinski definition) is 2. The number of nitrogens with two attached hydrogens (primary N) is 1. The van der Waals surface area contributed by atoms with Crippen molar-refractivity contribution in [1.29, 1.82) is 0 Å². The Kier molecular flexibility index (Phi) is 3.69. The molecule has 2 amide bonds. The average Bonchev–Trinajstić information content (AvgIpc) is 2.89. The Morgan fingerprint density at radius 3 is 2.83 bits per heavy atom. The molecular weight excluding hydrogens is 298 g/mol. The van der Waals surface area contributed by atoms with Gasteiger partial charge in [0, 0.05) is 31.6 Å². The topological polar surface area (TPSA) is 102 Å². The molecule has 0 radical (unpaired) electrons. The maximum absolute atomic E-state index is 12.2. The third-order valence-corrected chi connectivity index (χ3v) is 4.19. The molecule has 2 unspecified atom stereocenters. The summed E-state index contributed by atoms with van der Waals surface area (Å²) in [5, 5.41) is 7.57. The van der Waals surface area contributed by atoms with E-state index in [0.717, 1.165) is 18.8 Å². The summed E-state index contributed by atoms with van der Waals surface area (Å²) in [6, 6.07) is 1.84. The summed E-state index contributed by atoms with van der Waals surface area (Å²) in [5.41, 5.74) is 5.07. The van der Waals surface area contributed by atoms with Gasteiger partial charge < -0.3 is 20.7 Å². The van der Waals surface area contributed by atoms with Crippen LogP contribution >= 0.6 is 0 Å². The van der Waals surface area contributed by atoms with Crippen LogP contribution in [0.2, 0.25) is 0 Å². The van der Waals surface area contributed by atoms with Crippen LogP contribution in [0.15, 0.2) is 6.07 Å². The maximum Gasteiger partial charge on any atom is 0.410 e. The molecule has 3 rings (SSSR count). The standard InChI is InChI=1S/C15H23N5O3/c1-15(2,3)23-14(22)19-5-4-11-9(8-19)7-17-12-6-10(13(16)21)18-20(11)12/h6,9,11,17H,4-5,7-8H2,1-3H3,(H2,16,21). The number of anilines is 1. The minimum Gasteiger partial charge on any atom is -0.444 e. The van der Waals surface area contributed by atoms with E-state index in [0.29, 0.717) is 13.1 Å². The number of carbonyl (C=O) groups excluding carboxylic acids is 2. The molecular formula is C15H23N5O3. The van der Waals surface area contributed by atoms with Crippen molar-refractivity contribution in [3.63, 3.8) is 0 Å². The molecule has 0 bridgehead atoms. The number of fused-ring (bicyclic) bond motifs is 3. The number of nitrogens with zero attached hydrogens (tertiary/aromatic N) is 3. The number of rotatable bonds is 1. The predicted octanol–water partition coefficient (Wildman–Crippen LogP) is 1.21. The van der Waals surface area contributed by atoms with E-state index in [2.05, 4.69) is 10.4 Å². The van der Waals surface area contributed by atoms with E-state index in [9.17, 15) is 9.59 Å². The van der Waals surface area contributed by atoms with Crippen LogP contribution < -0.4 is 11.1 Å². The molecule has 0 aromatic carbocycles. The Hall–Kier alpha value is -2.25. The van der Waals surface area contributed by atoms with E-state index in [-0.39, 0.29) is 23.7 Å². The number of aromatic nitrogens is 2. The fourth-order valence-electron chi connectivity index (χ4n) is 3.17. The van der Waals surface area contributed by atoms with Gasteiger partial charge >= 0.3 is 6.09 Å². The second-order valence-electron chi connectivity index (χ2n) is 7.15. The monoisotopic (exact) mass is 321 g/mol.